The fraction of sp³-hybridized carbons (Fsp3) is 0.286. The molecule has 1 aromatic heterocycles. The first kappa shape index (κ1) is 17.9. The van der Waals surface area contributed by atoms with E-state index >= 15 is 0 Å². The molecule has 0 saturated heterocycles. The van der Waals surface area contributed by atoms with Gasteiger partial charge in [0.05, 0.1) is 5.52 Å². The second-order valence-corrected chi connectivity index (χ2v) is 6.20. The van der Waals surface area contributed by atoms with Crippen molar-refractivity contribution >= 4 is 28.4 Å². The zero-order valence-electron chi connectivity index (χ0n) is 15.5. The number of amides is 1. The third-order valence-electron chi connectivity index (χ3n) is 4.59. The normalized spacial score (nSPS) is 10.7. The van der Waals surface area contributed by atoms with E-state index in [1.165, 1.54) is 0 Å². The second-order valence-electron chi connectivity index (χ2n) is 6.20. The molecule has 0 atom stereocenters. The Hall–Kier alpha value is -2.95. The van der Waals surface area contributed by atoms with Crippen LogP contribution in [0.3, 0.4) is 0 Å². The molecule has 0 fully saturated rings. The van der Waals surface area contributed by atoms with Crippen LogP contribution in [0.2, 0.25) is 0 Å². The fourth-order valence-corrected chi connectivity index (χ4v) is 3.10. The van der Waals surface area contributed by atoms with Crippen molar-refractivity contribution in [2.75, 3.05) is 23.3 Å². The minimum atomic E-state index is -0.457. The quantitative estimate of drug-likeness (QED) is 0.679. The molecule has 0 bridgehead atoms. The Balaban J connectivity index is 1.63. The number of para-hydroxylation sites is 1. The molecule has 0 spiro atoms. The van der Waals surface area contributed by atoms with Gasteiger partial charge in [0.15, 0.2) is 6.73 Å². The third-order valence-corrected chi connectivity index (χ3v) is 4.59. The Morgan fingerprint density at radius 3 is 2.62 bits per heavy atom. The predicted molar refractivity (Wildman–Crippen MR) is 107 cm³/mol. The molecule has 3 aromatic rings. The summed E-state index contributed by atoms with van der Waals surface area (Å²) in [7, 11) is 0. The minimum Gasteiger partial charge on any atom is -0.428 e. The zero-order chi connectivity index (χ0) is 18.5. The largest absolute Gasteiger partial charge is 0.428 e. The van der Waals surface area contributed by atoms with Crippen molar-refractivity contribution < 1.29 is 9.53 Å². The number of nitrogens with zero attached hydrogens (tertiary/aromatic N) is 2. The summed E-state index contributed by atoms with van der Waals surface area (Å²) in [5.74, 6) is 0. The first-order valence-corrected chi connectivity index (χ1v) is 8.95. The molecular formula is C21H25N3O2. The summed E-state index contributed by atoms with van der Waals surface area (Å²) in [5, 5.41) is 3.95. The molecule has 0 unspecified atom stereocenters. The van der Waals surface area contributed by atoms with Gasteiger partial charge >= 0.3 is 6.09 Å². The summed E-state index contributed by atoms with van der Waals surface area (Å²) >= 11 is 0. The van der Waals surface area contributed by atoms with E-state index in [2.05, 4.69) is 30.1 Å². The van der Waals surface area contributed by atoms with Gasteiger partial charge in [0, 0.05) is 30.7 Å². The molecule has 26 heavy (non-hydrogen) atoms. The lowest BCUT2D eigenvalue weighted by Crippen LogP contribution is -2.22. The summed E-state index contributed by atoms with van der Waals surface area (Å²) in [6, 6.07) is 16.0. The Labute approximate surface area is 154 Å². The molecule has 0 aliphatic carbocycles. The molecule has 2 aromatic carbocycles. The first-order chi connectivity index (χ1) is 12.6. The number of aromatic nitrogens is 1. The van der Waals surface area contributed by atoms with Gasteiger partial charge in [0.1, 0.15) is 0 Å². The van der Waals surface area contributed by atoms with E-state index < -0.39 is 6.09 Å². The average Bonchev–Trinajstić information content (AvgIpc) is 3.06. The Morgan fingerprint density at radius 1 is 1.12 bits per heavy atom. The van der Waals surface area contributed by atoms with E-state index in [9.17, 15) is 4.79 Å². The van der Waals surface area contributed by atoms with Crippen LogP contribution in [0.15, 0.2) is 54.7 Å². The first-order valence-electron chi connectivity index (χ1n) is 8.95. The van der Waals surface area contributed by atoms with E-state index in [0.29, 0.717) is 0 Å². The molecule has 5 heteroatoms. The highest BCUT2D eigenvalue weighted by Gasteiger charge is 2.09. The topological polar surface area (TPSA) is 46.5 Å². The number of rotatable bonds is 6. The number of ether oxygens (including phenoxy) is 1. The van der Waals surface area contributed by atoms with E-state index in [4.69, 9.17) is 4.74 Å². The van der Waals surface area contributed by atoms with Crippen LogP contribution < -0.4 is 10.2 Å². The number of aryl methyl sites for hydroxylation is 1. The highest BCUT2D eigenvalue weighted by atomic mass is 16.6. The van der Waals surface area contributed by atoms with Gasteiger partial charge in [-0.25, -0.2) is 4.79 Å². The van der Waals surface area contributed by atoms with Crippen molar-refractivity contribution in [3.63, 3.8) is 0 Å². The molecule has 0 aliphatic heterocycles. The number of carbonyl (C=O) groups is 1. The number of nitrogens with one attached hydrogen (secondary N) is 1. The second kappa shape index (κ2) is 7.95. The summed E-state index contributed by atoms with van der Waals surface area (Å²) in [6.45, 7) is 8.34. The van der Waals surface area contributed by atoms with Crippen molar-refractivity contribution in [3.8, 4) is 0 Å². The Morgan fingerprint density at radius 2 is 1.88 bits per heavy atom. The smallest absolute Gasteiger partial charge is 0.413 e. The molecule has 1 heterocycles. The van der Waals surface area contributed by atoms with Gasteiger partial charge in [-0.3, -0.25) is 5.32 Å². The lowest BCUT2D eigenvalue weighted by Gasteiger charge is -2.22. The molecule has 1 amide bonds. The Bertz CT molecular complexity index is 897. The molecule has 136 valence electrons. The van der Waals surface area contributed by atoms with Crippen LogP contribution in [-0.4, -0.2) is 23.7 Å². The van der Waals surface area contributed by atoms with Crippen LogP contribution in [0.1, 0.15) is 19.4 Å². The van der Waals surface area contributed by atoms with Gasteiger partial charge < -0.3 is 14.2 Å². The van der Waals surface area contributed by atoms with Crippen molar-refractivity contribution in [1.82, 2.24) is 4.57 Å². The number of anilines is 2. The molecule has 0 saturated carbocycles. The Kier molecular flexibility index (Phi) is 5.46. The van der Waals surface area contributed by atoms with E-state index in [1.54, 1.807) is 0 Å². The lowest BCUT2D eigenvalue weighted by molar-refractivity contribution is 0.130. The summed E-state index contributed by atoms with van der Waals surface area (Å²) in [4.78, 5) is 14.4. The predicted octanol–water partition coefficient (Wildman–Crippen LogP) is 5.00. The maximum Gasteiger partial charge on any atom is 0.413 e. The maximum absolute atomic E-state index is 12.2. The van der Waals surface area contributed by atoms with Crippen molar-refractivity contribution in [3.05, 3.63) is 60.3 Å². The molecule has 0 aliphatic rings. The SMILES string of the molecule is CCN(CC)c1ccc(NC(=O)OCn2ccc3ccccc32)c(C)c1. The van der Waals surface area contributed by atoms with E-state index in [-0.39, 0.29) is 6.73 Å². The van der Waals surface area contributed by atoms with Gasteiger partial charge in [0.2, 0.25) is 0 Å². The number of hydrogen-bond donors (Lipinski definition) is 1. The number of fused-ring (bicyclic) bond motifs is 1. The van der Waals surface area contributed by atoms with Gasteiger partial charge in [-0.05, 0) is 62.1 Å². The molecule has 0 radical (unpaired) electrons. The van der Waals surface area contributed by atoms with Crippen LogP contribution in [0.4, 0.5) is 16.2 Å². The molecule has 3 rings (SSSR count). The van der Waals surface area contributed by atoms with Gasteiger partial charge in [0.25, 0.3) is 0 Å². The van der Waals surface area contributed by atoms with Gasteiger partial charge in [-0.15, -0.1) is 0 Å². The summed E-state index contributed by atoms with van der Waals surface area (Å²) < 4.78 is 7.28. The maximum atomic E-state index is 12.2. The highest BCUT2D eigenvalue weighted by Crippen LogP contribution is 2.23. The molecule has 1 N–H and O–H groups in total. The van der Waals surface area contributed by atoms with Crippen LogP contribution in [-0.2, 0) is 11.5 Å². The number of benzene rings is 2. The zero-order valence-corrected chi connectivity index (χ0v) is 15.5. The summed E-state index contributed by atoms with van der Waals surface area (Å²) in [5.41, 5.74) is 3.98. The minimum absolute atomic E-state index is 0.177. The number of carbonyl (C=O) groups excluding carboxylic acids is 1. The lowest BCUT2D eigenvalue weighted by atomic mass is 10.1. The standard InChI is InChI=1S/C21H25N3O2/c1-4-23(5-2)18-10-11-19(16(3)14-18)22-21(25)26-15-24-13-12-17-8-6-7-9-20(17)24/h6-14H,4-5,15H2,1-3H3,(H,22,25). The van der Waals surface area contributed by atoms with Gasteiger partial charge in [-0.2, -0.15) is 0 Å². The van der Waals surface area contributed by atoms with Crippen LogP contribution in [0, 0.1) is 6.92 Å². The van der Waals surface area contributed by atoms with E-state index in [0.717, 1.165) is 40.9 Å². The van der Waals surface area contributed by atoms with E-state index in [1.807, 2.05) is 60.2 Å². The number of hydrogen-bond acceptors (Lipinski definition) is 3. The van der Waals surface area contributed by atoms with Crippen molar-refractivity contribution in [2.45, 2.75) is 27.5 Å². The van der Waals surface area contributed by atoms with Crippen LogP contribution >= 0.6 is 0 Å². The van der Waals surface area contributed by atoms with Crippen molar-refractivity contribution in [2.24, 2.45) is 0 Å². The van der Waals surface area contributed by atoms with Crippen molar-refractivity contribution in [1.29, 1.82) is 0 Å². The monoisotopic (exact) mass is 351 g/mol. The molecule has 5 nitrogen and oxygen atoms in total. The molecular weight excluding hydrogens is 326 g/mol. The van der Waals surface area contributed by atoms with Crippen LogP contribution in [0.5, 0.6) is 0 Å². The average molecular weight is 351 g/mol. The highest BCUT2D eigenvalue weighted by molar-refractivity contribution is 5.86. The third kappa shape index (κ3) is 3.82. The van der Waals surface area contributed by atoms with Gasteiger partial charge in [-0.1, -0.05) is 18.2 Å². The summed E-state index contributed by atoms with van der Waals surface area (Å²) in [6.07, 6.45) is 1.46. The van der Waals surface area contributed by atoms with Crippen LogP contribution in [0.25, 0.3) is 10.9 Å². The fourth-order valence-electron chi connectivity index (χ4n) is 3.10.